The second-order valence-corrected chi connectivity index (χ2v) is 7.23. The van der Waals surface area contributed by atoms with E-state index in [0.717, 1.165) is 18.1 Å². The van der Waals surface area contributed by atoms with Crippen molar-refractivity contribution < 1.29 is 13.9 Å². The number of likely N-dealkylation sites (tertiary alicyclic amines) is 1. The summed E-state index contributed by atoms with van der Waals surface area (Å²) in [5.41, 5.74) is 0.458. The zero-order chi connectivity index (χ0) is 18.1. The number of ether oxygens (including phenoxy) is 1. The monoisotopic (exact) mass is 358 g/mol. The van der Waals surface area contributed by atoms with Crippen molar-refractivity contribution in [3.8, 4) is 0 Å². The Morgan fingerprint density at radius 1 is 1.42 bits per heavy atom. The molecule has 1 amide bonds. The molecule has 0 unspecified atom stereocenters. The van der Waals surface area contributed by atoms with Gasteiger partial charge in [-0.3, -0.25) is 9.89 Å². The Morgan fingerprint density at radius 2 is 2.27 bits per heavy atom. The number of H-pyrrole nitrogens is 1. The minimum absolute atomic E-state index is 0.0124. The number of carbonyl (C=O) groups is 1. The van der Waals surface area contributed by atoms with E-state index in [-0.39, 0.29) is 24.2 Å². The van der Waals surface area contributed by atoms with E-state index >= 15 is 0 Å². The third kappa shape index (κ3) is 3.49. The largest absolute Gasteiger partial charge is 0.377 e. The van der Waals surface area contributed by atoms with Gasteiger partial charge in [0.25, 0.3) is 0 Å². The Morgan fingerprint density at radius 3 is 3.04 bits per heavy atom. The van der Waals surface area contributed by atoms with E-state index in [4.69, 9.17) is 4.74 Å². The van der Waals surface area contributed by atoms with Crippen molar-refractivity contribution in [3.63, 3.8) is 0 Å². The van der Waals surface area contributed by atoms with Crippen LogP contribution < -0.4 is 0 Å². The number of nitrogens with zero attached hydrogens (tertiary/aromatic N) is 3. The van der Waals surface area contributed by atoms with Gasteiger partial charge in [0.05, 0.1) is 19.1 Å². The fourth-order valence-electron chi connectivity index (χ4n) is 4.10. The first-order valence-electron chi connectivity index (χ1n) is 9.11. The van der Waals surface area contributed by atoms with Crippen LogP contribution in [0.3, 0.4) is 0 Å². The Bertz CT molecular complexity index is 793. The first-order valence-corrected chi connectivity index (χ1v) is 9.11. The molecule has 138 valence electrons. The zero-order valence-corrected chi connectivity index (χ0v) is 14.8. The lowest BCUT2D eigenvalue weighted by molar-refractivity contribution is -0.132. The molecule has 26 heavy (non-hydrogen) atoms. The third-order valence-electron chi connectivity index (χ3n) is 5.47. The number of aryl methyl sites for hydroxylation is 1. The van der Waals surface area contributed by atoms with Gasteiger partial charge in [-0.25, -0.2) is 9.37 Å². The number of amides is 1. The van der Waals surface area contributed by atoms with Crippen LogP contribution in [0, 0.1) is 24.6 Å². The molecule has 1 N–H and O–H groups in total. The summed E-state index contributed by atoms with van der Waals surface area (Å²) in [6.45, 7) is 3.92. The number of fused-ring (bicyclic) bond motifs is 1. The summed E-state index contributed by atoms with van der Waals surface area (Å²) in [5, 5.41) is 7.06. The summed E-state index contributed by atoms with van der Waals surface area (Å²) in [5.74, 6) is 2.02. The van der Waals surface area contributed by atoms with Crippen LogP contribution in [0.4, 0.5) is 4.39 Å². The fourth-order valence-corrected chi connectivity index (χ4v) is 4.10. The first kappa shape index (κ1) is 17.1. The molecule has 1 aromatic heterocycles. The van der Waals surface area contributed by atoms with E-state index < -0.39 is 0 Å². The standard InChI is InChI=1S/C19H23FN4O2/c1-12-21-18(23-22-12)9-17-15-6-7-24(10-14(15)11-26-17)19(25)8-13-4-2-3-5-16(13)20/h2-5,14-15,17H,6-11H2,1H3,(H,21,22,23)/t14-,15-,17+/m1/s1. The molecule has 3 heterocycles. The smallest absolute Gasteiger partial charge is 0.227 e. The number of carbonyl (C=O) groups excluding carboxylic acids is 1. The van der Waals surface area contributed by atoms with Gasteiger partial charge in [0.2, 0.25) is 5.91 Å². The molecular weight excluding hydrogens is 335 g/mol. The molecule has 2 aromatic rings. The number of halogens is 1. The lowest BCUT2D eigenvalue weighted by atomic mass is 9.83. The minimum Gasteiger partial charge on any atom is -0.377 e. The summed E-state index contributed by atoms with van der Waals surface area (Å²) in [6.07, 6.45) is 1.83. The van der Waals surface area contributed by atoms with Crippen molar-refractivity contribution in [2.24, 2.45) is 11.8 Å². The number of piperidine rings is 1. The summed E-state index contributed by atoms with van der Waals surface area (Å²) in [7, 11) is 0. The molecule has 4 rings (SSSR count). The second kappa shape index (κ2) is 7.15. The average Bonchev–Trinajstić information content (AvgIpc) is 3.23. The Labute approximate surface area is 151 Å². The molecule has 7 heteroatoms. The molecule has 0 radical (unpaired) electrons. The molecule has 0 saturated carbocycles. The lowest BCUT2D eigenvalue weighted by Gasteiger charge is -2.35. The summed E-state index contributed by atoms with van der Waals surface area (Å²) < 4.78 is 19.8. The van der Waals surface area contributed by atoms with Gasteiger partial charge in [-0.1, -0.05) is 18.2 Å². The highest BCUT2D eigenvalue weighted by molar-refractivity contribution is 5.79. The van der Waals surface area contributed by atoms with Gasteiger partial charge in [0, 0.05) is 25.4 Å². The molecule has 3 atom stereocenters. The minimum atomic E-state index is -0.318. The number of nitrogens with one attached hydrogen (secondary N) is 1. The number of aromatic amines is 1. The molecule has 0 spiro atoms. The molecular formula is C19H23FN4O2. The zero-order valence-electron chi connectivity index (χ0n) is 14.8. The van der Waals surface area contributed by atoms with Gasteiger partial charge < -0.3 is 9.64 Å². The van der Waals surface area contributed by atoms with Crippen molar-refractivity contribution in [3.05, 3.63) is 47.3 Å². The van der Waals surface area contributed by atoms with Crippen LogP contribution in [0.2, 0.25) is 0 Å². The van der Waals surface area contributed by atoms with E-state index in [2.05, 4.69) is 15.2 Å². The summed E-state index contributed by atoms with van der Waals surface area (Å²) >= 11 is 0. The predicted molar refractivity (Wildman–Crippen MR) is 92.8 cm³/mol. The van der Waals surface area contributed by atoms with Gasteiger partial charge in [0.15, 0.2) is 5.82 Å². The third-order valence-corrected chi connectivity index (χ3v) is 5.47. The quantitative estimate of drug-likeness (QED) is 0.906. The van der Waals surface area contributed by atoms with Gasteiger partial charge in [-0.05, 0) is 30.9 Å². The summed E-state index contributed by atoms with van der Waals surface area (Å²) in [4.78, 5) is 18.8. The van der Waals surface area contributed by atoms with E-state index in [9.17, 15) is 9.18 Å². The molecule has 0 aliphatic carbocycles. The number of hydrogen-bond acceptors (Lipinski definition) is 4. The maximum Gasteiger partial charge on any atom is 0.227 e. The van der Waals surface area contributed by atoms with Gasteiger partial charge in [-0.15, -0.1) is 0 Å². The Kier molecular flexibility index (Phi) is 4.72. The maximum atomic E-state index is 13.8. The molecule has 2 fully saturated rings. The second-order valence-electron chi connectivity index (χ2n) is 7.23. The van der Waals surface area contributed by atoms with Crippen molar-refractivity contribution >= 4 is 5.91 Å². The van der Waals surface area contributed by atoms with Crippen molar-refractivity contribution in [2.45, 2.75) is 32.3 Å². The highest BCUT2D eigenvalue weighted by Gasteiger charge is 2.42. The number of rotatable bonds is 4. The van der Waals surface area contributed by atoms with Crippen molar-refractivity contribution in [1.82, 2.24) is 20.1 Å². The predicted octanol–water partition coefficient (Wildman–Crippen LogP) is 1.90. The topological polar surface area (TPSA) is 71.1 Å². The van der Waals surface area contributed by atoms with Crippen molar-refractivity contribution in [1.29, 1.82) is 0 Å². The number of benzene rings is 1. The normalized spacial score (nSPS) is 25.3. The Balaban J connectivity index is 1.35. The highest BCUT2D eigenvalue weighted by Crippen LogP contribution is 2.35. The lowest BCUT2D eigenvalue weighted by Crippen LogP contribution is -2.45. The molecule has 6 nitrogen and oxygen atoms in total. The van der Waals surface area contributed by atoms with Crippen LogP contribution in [-0.2, 0) is 22.4 Å². The van der Waals surface area contributed by atoms with E-state index in [1.54, 1.807) is 18.2 Å². The Hall–Kier alpha value is -2.28. The van der Waals surface area contributed by atoms with Crippen LogP contribution in [0.25, 0.3) is 0 Å². The van der Waals surface area contributed by atoms with Gasteiger partial charge in [-0.2, -0.15) is 5.10 Å². The molecule has 0 bridgehead atoms. The molecule has 2 aliphatic rings. The van der Waals surface area contributed by atoms with Gasteiger partial charge >= 0.3 is 0 Å². The van der Waals surface area contributed by atoms with Gasteiger partial charge in [0.1, 0.15) is 11.6 Å². The van der Waals surface area contributed by atoms with Crippen LogP contribution in [0.1, 0.15) is 23.6 Å². The molecule has 1 aromatic carbocycles. The summed E-state index contributed by atoms with van der Waals surface area (Å²) in [6, 6.07) is 6.47. The molecule has 2 aliphatic heterocycles. The van der Waals surface area contributed by atoms with Crippen molar-refractivity contribution in [2.75, 3.05) is 19.7 Å². The average molecular weight is 358 g/mol. The van der Waals surface area contributed by atoms with E-state index in [1.807, 2.05) is 11.8 Å². The van der Waals surface area contributed by atoms with Crippen LogP contribution >= 0.6 is 0 Å². The van der Waals surface area contributed by atoms with Crippen LogP contribution in [-0.4, -0.2) is 51.8 Å². The fraction of sp³-hybridized carbons (Fsp3) is 0.526. The van der Waals surface area contributed by atoms with E-state index in [1.165, 1.54) is 6.07 Å². The SMILES string of the molecule is Cc1nc(C[C@@H]2OC[C@H]3CN(C(=O)Cc4ccccc4F)CC[C@H]32)n[nH]1. The van der Waals surface area contributed by atoms with E-state index in [0.29, 0.717) is 43.5 Å². The number of hydrogen-bond donors (Lipinski definition) is 1. The first-order chi connectivity index (χ1) is 12.6. The maximum absolute atomic E-state index is 13.8. The molecule has 2 saturated heterocycles. The highest BCUT2D eigenvalue weighted by atomic mass is 19.1. The van der Waals surface area contributed by atoms with Crippen LogP contribution in [0.5, 0.6) is 0 Å². The number of aromatic nitrogens is 3. The van der Waals surface area contributed by atoms with Crippen LogP contribution in [0.15, 0.2) is 24.3 Å².